The van der Waals surface area contributed by atoms with Gasteiger partial charge in [-0.25, -0.2) is 4.79 Å². The Labute approximate surface area is 119 Å². The zero-order valence-corrected chi connectivity index (χ0v) is 13.0. The van der Waals surface area contributed by atoms with E-state index in [0.717, 1.165) is 0 Å². The molecule has 0 aromatic rings. The van der Waals surface area contributed by atoms with Crippen molar-refractivity contribution in [1.82, 2.24) is 10.6 Å². The average Bonchev–Trinajstić information content (AvgIpc) is 2.11. The highest BCUT2D eigenvalue weighted by molar-refractivity contribution is 5.81. The fourth-order valence-electron chi connectivity index (χ4n) is 1.53. The third-order valence-corrected chi connectivity index (χ3v) is 3.59. The van der Waals surface area contributed by atoms with Crippen molar-refractivity contribution < 1.29 is 19.5 Å². The molecule has 0 aliphatic heterocycles. The molecule has 0 saturated carbocycles. The Hall–Kier alpha value is -1.79. The molecule has 0 unspecified atom stereocenters. The highest BCUT2D eigenvalue weighted by Crippen LogP contribution is 2.30. The Morgan fingerprint density at radius 1 is 1.00 bits per heavy atom. The molecule has 0 aromatic carbocycles. The van der Waals surface area contributed by atoms with Crippen LogP contribution in [0.3, 0.4) is 0 Å². The molecule has 0 saturated heterocycles. The van der Waals surface area contributed by atoms with Crippen LogP contribution in [0.15, 0.2) is 0 Å². The molecule has 0 heterocycles. The number of urea groups is 1. The third kappa shape index (κ3) is 4.71. The Morgan fingerprint density at radius 2 is 1.45 bits per heavy atom. The molecule has 0 aliphatic carbocycles. The lowest BCUT2D eigenvalue weighted by atomic mass is 9.74. The number of rotatable bonds is 6. The Morgan fingerprint density at radius 3 is 1.80 bits per heavy atom. The number of amides is 3. The van der Waals surface area contributed by atoms with Gasteiger partial charge in [0, 0.05) is 12.0 Å². The molecule has 0 atom stereocenters. The van der Waals surface area contributed by atoms with Gasteiger partial charge in [0.1, 0.15) is 0 Å². The van der Waals surface area contributed by atoms with Gasteiger partial charge in [-0.2, -0.15) is 0 Å². The normalized spacial score (nSPS) is 12.7. The van der Waals surface area contributed by atoms with Gasteiger partial charge in [0.15, 0.2) is 0 Å². The first-order chi connectivity index (χ1) is 8.71. The fourth-order valence-corrected chi connectivity index (χ4v) is 1.53. The summed E-state index contributed by atoms with van der Waals surface area (Å²) < 4.78 is 0. The van der Waals surface area contributed by atoms with Gasteiger partial charge in [0.2, 0.25) is 5.91 Å². The van der Waals surface area contributed by atoms with Gasteiger partial charge < -0.3 is 21.5 Å². The van der Waals surface area contributed by atoms with Gasteiger partial charge in [-0.3, -0.25) is 9.59 Å². The smallest absolute Gasteiger partial charge is 0.315 e. The first-order valence-corrected chi connectivity index (χ1v) is 6.33. The van der Waals surface area contributed by atoms with Crippen LogP contribution >= 0.6 is 0 Å². The zero-order chi connectivity index (χ0) is 16.4. The first kappa shape index (κ1) is 18.2. The van der Waals surface area contributed by atoms with Crippen molar-refractivity contribution in [2.24, 2.45) is 11.1 Å². The Kier molecular flexibility index (Phi) is 5.17. The lowest BCUT2D eigenvalue weighted by Gasteiger charge is -2.39. The van der Waals surface area contributed by atoms with Crippen molar-refractivity contribution in [3.63, 3.8) is 0 Å². The van der Waals surface area contributed by atoms with Gasteiger partial charge in [-0.15, -0.1) is 0 Å². The summed E-state index contributed by atoms with van der Waals surface area (Å²) in [7, 11) is 0. The maximum absolute atomic E-state index is 12.0. The lowest BCUT2D eigenvalue weighted by Crippen LogP contribution is -2.61. The summed E-state index contributed by atoms with van der Waals surface area (Å²) in [6.45, 7) is 9.64. The van der Waals surface area contributed by atoms with E-state index in [1.807, 2.05) is 0 Å². The second-order valence-corrected chi connectivity index (χ2v) is 6.66. The van der Waals surface area contributed by atoms with Crippen molar-refractivity contribution in [1.29, 1.82) is 0 Å². The number of carboxylic acids is 1. The zero-order valence-electron chi connectivity index (χ0n) is 13.0. The molecule has 20 heavy (non-hydrogen) atoms. The van der Waals surface area contributed by atoms with Crippen LogP contribution in [-0.4, -0.2) is 34.1 Å². The van der Waals surface area contributed by atoms with E-state index >= 15 is 0 Å². The molecule has 7 nitrogen and oxygen atoms in total. The monoisotopic (exact) mass is 287 g/mol. The second-order valence-electron chi connectivity index (χ2n) is 6.66. The van der Waals surface area contributed by atoms with E-state index < -0.39 is 34.4 Å². The van der Waals surface area contributed by atoms with E-state index in [2.05, 4.69) is 10.6 Å². The van der Waals surface area contributed by atoms with Crippen molar-refractivity contribution in [3.8, 4) is 0 Å². The number of carboxylic acid groups (broad SMARTS) is 1. The summed E-state index contributed by atoms with van der Waals surface area (Å²) >= 11 is 0. The summed E-state index contributed by atoms with van der Waals surface area (Å²) in [5.74, 6) is -1.54. The number of nitrogens with one attached hydrogen (secondary N) is 2. The summed E-state index contributed by atoms with van der Waals surface area (Å²) in [6, 6.07) is -0.546. The van der Waals surface area contributed by atoms with Crippen LogP contribution < -0.4 is 16.4 Å². The predicted octanol–water partition coefficient (Wildman–Crippen LogP) is 0.829. The molecule has 0 radical (unpaired) electrons. The fraction of sp³-hybridized carbons (Fsp3) is 0.769. The molecular formula is C13H25N3O4. The summed E-state index contributed by atoms with van der Waals surface area (Å²) in [5, 5.41) is 14.4. The number of hydrogen-bond acceptors (Lipinski definition) is 3. The molecule has 7 heteroatoms. The van der Waals surface area contributed by atoms with Gasteiger partial charge >= 0.3 is 12.0 Å². The molecule has 5 N–H and O–H groups in total. The third-order valence-electron chi connectivity index (χ3n) is 3.59. The first-order valence-electron chi connectivity index (χ1n) is 6.33. The number of hydrogen-bond donors (Lipinski definition) is 4. The molecule has 3 amide bonds. The SMILES string of the molecule is CC(C)(CC(N)=O)NC(=O)NC(C)(C)C(C)(C)C(=O)O. The van der Waals surface area contributed by atoms with E-state index in [1.54, 1.807) is 27.7 Å². The largest absolute Gasteiger partial charge is 0.481 e. The van der Waals surface area contributed by atoms with Crippen molar-refractivity contribution in [2.75, 3.05) is 0 Å². The Bertz CT molecular complexity index is 414. The van der Waals surface area contributed by atoms with Gasteiger partial charge in [-0.1, -0.05) is 0 Å². The average molecular weight is 287 g/mol. The highest BCUT2D eigenvalue weighted by atomic mass is 16.4. The summed E-state index contributed by atoms with van der Waals surface area (Å²) in [6.07, 6.45) is -0.0107. The molecular weight excluding hydrogens is 262 g/mol. The number of nitrogens with two attached hydrogens (primary N) is 1. The molecule has 0 rings (SSSR count). The minimum Gasteiger partial charge on any atom is -0.481 e. The Balaban J connectivity index is 4.85. The van der Waals surface area contributed by atoms with Crippen LogP contribution in [0, 0.1) is 5.41 Å². The minimum absolute atomic E-state index is 0.0107. The molecule has 0 spiro atoms. The van der Waals surface area contributed by atoms with E-state index in [0.29, 0.717) is 0 Å². The topological polar surface area (TPSA) is 122 Å². The van der Waals surface area contributed by atoms with Crippen LogP contribution in [0.1, 0.15) is 48.0 Å². The maximum Gasteiger partial charge on any atom is 0.315 e. The van der Waals surface area contributed by atoms with Crippen molar-refractivity contribution in [3.05, 3.63) is 0 Å². The van der Waals surface area contributed by atoms with E-state index in [1.165, 1.54) is 13.8 Å². The van der Waals surface area contributed by atoms with Crippen LogP contribution in [0.5, 0.6) is 0 Å². The van der Waals surface area contributed by atoms with Crippen LogP contribution in [0.25, 0.3) is 0 Å². The molecule has 0 bridgehead atoms. The summed E-state index contributed by atoms with van der Waals surface area (Å²) in [5.41, 5.74) is 2.16. The van der Waals surface area contributed by atoms with Gasteiger partial charge in [-0.05, 0) is 41.5 Å². The number of carbonyl (C=O) groups excluding carboxylic acids is 2. The molecule has 0 fully saturated rings. The highest BCUT2D eigenvalue weighted by Gasteiger charge is 2.44. The van der Waals surface area contributed by atoms with Crippen LogP contribution in [0.4, 0.5) is 4.79 Å². The molecule has 0 aromatic heterocycles. The molecule has 0 aliphatic rings. The van der Waals surface area contributed by atoms with E-state index in [-0.39, 0.29) is 6.42 Å². The van der Waals surface area contributed by atoms with Crippen LogP contribution in [0.2, 0.25) is 0 Å². The predicted molar refractivity (Wildman–Crippen MR) is 75.1 cm³/mol. The van der Waals surface area contributed by atoms with Gasteiger partial charge in [0.05, 0.1) is 11.0 Å². The van der Waals surface area contributed by atoms with Crippen molar-refractivity contribution in [2.45, 2.75) is 59.0 Å². The minimum atomic E-state index is -1.15. The number of primary amides is 1. The second kappa shape index (κ2) is 5.68. The van der Waals surface area contributed by atoms with Crippen molar-refractivity contribution >= 4 is 17.9 Å². The number of carbonyl (C=O) groups is 3. The van der Waals surface area contributed by atoms with E-state index in [9.17, 15) is 19.5 Å². The quantitative estimate of drug-likeness (QED) is 0.578. The molecule has 116 valence electrons. The van der Waals surface area contributed by atoms with Gasteiger partial charge in [0.25, 0.3) is 0 Å². The maximum atomic E-state index is 12.0. The summed E-state index contributed by atoms with van der Waals surface area (Å²) in [4.78, 5) is 34.1. The lowest BCUT2D eigenvalue weighted by molar-refractivity contribution is -0.150. The number of aliphatic carboxylic acids is 1. The van der Waals surface area contributed by atoms with Crippen LogP contribution in [-0.2, 0) is 9.59 Å². The van der Waals surface area contributed by atoms with E-state index in [4.69, 9.17) is 5.73 Å². The standard InChI is InChI=1S/C13H25N3O4/c1-11(2,7-8(14)17)15-10(20)16-13(5,6)12(3,4)9(18)19/h7H2,1-6H3,(H2,14,17)(H,18,19)(H2,15,16,20).